The van der Waals surface area contributed by atoms with Crippen molar-refractivity contribution in [2.24, 2.45) is 11.8 Å². The fourth-order valence-corrected chi connectivity index (χ4v) is 3.48. The summed E-state index contributed by atoms with van der Waals surface area (Å²) >= 11 is 0. The van der Waals surface area contributed by atoms with Crippen LogP contribution in [-0.2, 0) is 10.0 Å². The molecule has 0 aromatic heterocycles. The van der Waals surface area contributed by atoms with Gasteiger partial charge in [-0.3, -0.25) is 0 Å². The Labute approximate surface area is 120 Å². The molecule has 1 aliphatic rings. The van der Waals surface area contributed by atoms with E-state index in [-0.39, 0.29) is 4.90 Å². The molecule has 0 saturated heterocycles. The van der Waals surface area contributed by atoms with Crippen molar-refractivity contribution in [1.82, 2.24) is 4.72 Å². The van der Waals surface area contributed by atoms with Crippen LogP contribution in [0.15, 0.2) is 23.1 Å². The lowest BCUT2D eigenvalue weighted by Crippen LogP contribution is -2.29. The summed E-state index contributed by atoms with van der Waals surface area (Å²) in [6, 6.07) is 4.67. The standard InChI is InChI=1S/C14H22N2O3S/c1-3-19-13-7-6-12(15)8-14(13)20(17,18)16-9-10(2)11-4-5-11/h6-8,10-11,16H,3-5,9,15H2,1-2H3. The molecule has 1 atom stereocenters. The zero-order valence-corrected chi connectivity index (χ0v) is 12.7. The third kappa shape index (κ3) is 3.64. The molecule has 0 amide bonds. The zero-order valence-electron chi connectivity index (χ0n) is 11.9. The summed E-state index contributed by atoms with van der Waals surface area (Å²) in [7, 11) is -3.59. The van der Waals surface area contributed by atoms with Gasteiger partial charge in [0.2, 0.25) is 10.0 Å². The average Bonchev–Trinajstić information content (AvgIpc) is 3.23. The van der Waals surface area contributed by atoms with Gasteiger partial charge in [0.1, 0.15) is 10.6 Å². The Hall–Kier alpha value is -1.27. The van der Waals surface area contributed by atoms with Gasteiger partial charge in [0.25, 0.3) is 0 Å². The van der Waals surface area contributed by atoms with Gasteiger partial charge >= 0.3 is 0 Å². The van der Waals surface area contributed by atoms with Crippen LogP contribution < -0.4 is 15.2 Å². The summed E-state index contributed by atoms with van der Waals surface area (Å²) in [5.74, 6) is 1.36. The maximum Gasteiger partial charge on any atom is 0.244 e. The van der Waals surface area contributed by atoms with Crippen molar-refractivity contribution in [1.29, 1.82) is 0 Å². The third-order valence-corrected chi connectivity index (χ3v) is 5.02. The maximum absolute atomic E-state index is 12.4. The molecule has 6 heteroatoms. The van der Waals surface area contributed by atoms with Crippen molar-refractivity contribution in [3.8, 4) is 5.75 Å². The molecule has 1 aromatic rings. The number of ether oxygens (including phenoxy) is 1. The van der Waals surface area contributed by atoms with E-state index in [9.17, 15) is 8.42 Å². The molecule has 0 bridgehead atoms. The number of nitrogen functional groups attached to an aromatic ring is 1. The normalized spacial score (nSPS) is 16.9. The molecule has 2 rings (SSSR count). The second-order valence-electron chi connectivity index (χ2n) is 5.31. The Kier molecular flexibility index (Phi) is 4.55. The predicted octanol–water partition coefficient (Wildman–Crippen LogP) is 1.99. The van der Waals surface area contributed by atoms with E-state index >= 15 is 0 Å². The Balaban J connectivity index is 2.16. The molecule has 1 unspecified atom stereocenters. The number of benzene rings is 1. The van der Waals surface area contributed by atoms with Crippen molar-refractivity contribution in [3.05, 3.63) is 18.2 Å². The first-order valence-electron chi connectivity index (χ1n) is 6.96. The number of sulfonamides is 1. The first kappa shape index (κ1) is 15.1. The van der Waals surface area contributed by atoms with Gasteiger partial charge in [0.15, 0.2) is 0 Å². The molecule has 3 N–H and O–H groups in total. The van der Waals surface area contributed by atoms with E-state index in [1.165, 1.54) is 18.9 Å². The second-order valence-corrected chi connectivity index (χ2v) is 7.04. The van der Waals surface area contributed by atoms with E-state index < -0.39 is 10.0 Å². The van der Waals surface area contributed by atoms with Crippen LogP contribution >= 0.6 is 0 Å². The van der Waals surface area contributed by atoms with Crippen LogP contribution in [0.3, 0.4) is 0 Å². The molecule has 112 valence electrons. The van der Waals surface area contributed by atoms with Crippen molar-refractivity contribution >= 4 is 15.7 Å². The number of nitrogens with one attached hydrogen (secondary N) is 1. The molecule has 1 aliphatic carbocycles. The molecule has 0 aliphatic heterocycles. The van der Waals surface area contributed by atoms with Crippen LogP contribution in [0, 0.1) is 11.8 Å². The lowest BCUT2D eigenvalue weighted by molar-refractivity contribution is 0.331. The maximum atomic E-state index is 12.4. The molecule has 0 radical (unpaired) electrons. The van der Waals surface area contributed by atoms with Gasteiger partial charge in [-0.25, -0.2) is 13.1 Å². The molecule has 1 saturated carbocycles. The lowest BCUT2D eigenvalue weighted by atomic mass is 10.1. The highest BCUT2D eigenvalue weighted by Gasteiger charge is 2.29. The highest BCUT2D eigenvalue weighted by molar-refractivity contribution is 7.89. The minimum atomic E-state index is -3.59. The summed E-state index contributed by atoms with van der Waals surface area (Å²) in [4.78, 5) is 0.113. The highest BCUT2D eigenvalue weighted by Crippen LogP contribution is 2.36. The monoisotopic (exact) mass is 298 g/mol. The lowest BCUT2D eigenvalue weighted by Gasteiger charge is -2.15. The number of rotatable bonds is 7. The fraction of sp³-hybridized carbons (Fsp3) is 0.571. The van der Waals surface area contributed by atoms with Crippen LogP contribution in [-0.4, -0.2) is 21.6 Å². The third-order valence-electron chi connectivity index (χ3n) is 3.58. The molecule has 1 fully saturated rings. The van der Waals surface area contributed by atoms with Gasteiger partial charge in [-0.15, -0.1) is 0 Å². The second kappa shape index (κ2) is 6.01. The van der Waals surface area contributed by atoms with Crippen molar-refractivity contribution in [2.75, 3.05) is 18.9 Å². The molecule has 20 heavy (non-hydrogen) atoms. The van der Waals surface area contributed by atoms with Gasteiger partial charge < -0.3 is 10.5 Å². The SMILES string of the molecule is CCOc1ccc(N)cc1S(=O)(=O)NCC(C)C1CC1. The van der Waals surface area contributed by atoms with Gasteiger partial charge in [0, 0.05) is 12.2 Å². The Morgan fingerprint density at radius 3 is 2.75 bits per heavy atom. The van der Waals surface area contributed by atoms with Crippen LogP contribution in [0.25, 0.3) is 0 Å². The summed E-state index contributed by atoms with van der Waals surface area (Å²) < 4.78 is 32.8. The first-order valence-corrected chi connectivity index (χ1v) is 8.44. The topological polar surface area (TPSA) is 81.4 Å². The Bertz CT molecular complexity index is 568. The van der Waals surface area contributed by atoms with Crippen molar-refractivity contribution in [2.45, 2.75) is 31.6 Å². The molecule has 1 aromatic carbocycles. The Morgan fingerprint density at radius 2 is 2.15 bits per heavy atom. The van der Waals surface area contributed by atoms with Gasteiger partial charge in [0.05, 0.1) is 6.61 Å². The number of hydrogen-bond donors (Lipinski definition) is 2. The summed E-state index contributed by atoms with van der Waals surface area (Å²) in [6.45, 7) is 4.75. The Morgan fingerprint density at radius 1 is 1.45 bits per heavy atom. The van der Waals surface area contributed by atoms with Crippen LogP contribution in [0.2, 0.25) is 0 Å². The first-order chi connectivity index (χ1) is 9.44. The van der Waals surface area contributed by atoms with Gasteiger partial charge in [-0.05, 0) is 49.8 Å². The molecular weight excluding hydrogens is 276 g/mol. The zero-order chi connectivity index (χ0) is 14.8. The van der Waals surface area contributed by atoms with Crippen LogP contribution in [0.5, 0.6) is 5.75 Å². The predicted molar refractivity (Wildman–Crippen MR) is 79.1 cm³/mol. The van der Waals surface area contributed by atoms with E-state index in [1.807, 2.05) is 6.92 Å². The quantitative estimate of drug-likeness (QED) is 0.754. The smallest absolute Gasteiger partial charge is 0.244 e. The summed E-state index contributed by atoms with van der Waals surface area (Å²) in [5.41, 5.74) is 6.09. The summed E-state index contributed by atoms with van der Waals surface area (Å²) in [6.07, 6.45) is 2.40. The van der Waals surface area contributed by atoms with E-state index in [0.717, 1.165) is 0 Å². The largest absolute Gasteiger partial charge is 0.492 e. The molecule has 5 nitrogen and oxygen atoms in total. The fourth-order valence-electron chi connectivity index (χ4n) is 2.16. The van der Waals surface area contributed by atoms with E-state index in [4.69, 9.17) is 10.5 Å². The molecular formula is C14H22N2O3S. The average molecular weight is 298 g/mol. The van der Waals surface area contributed by atoms with E-state index in [1.54, 1.807) is 12.1 Å². The van der Waals surface area contributed by atoms with Crippen molar-refractivity contribution < 1.29 is 13.2 Å². The van der Waals surface area contributed by atoms with Gasteiger partial charge in [-0.1, -0.05) is 6.92 Å². The highest BCUT2D eigenvalue weighted by atomic mass is 32.2. The number of hydrogen-bond acceptors (Lipinski definition) is 4. The van der Waals surface area contributed by atoms with Crippen LogP contribution in [0.1, 0.15) is 26.7 Å². The van der Waals surface area contributed by atoms with E-state index in [0.29, 0.717) is 36.4 Å². The minimum Gasteiger partial charge on any atom is -0.492 e. The molecule has 0 heterocycles. The molecule has 0 spiro atoms. The van der Waals surface area contributed by atoms with Gasteiger partial charge in [-0.2, -0.15) is 0 Å². The van der Waals surface area contributed by atoms with Crippen LogP contribution in [0.4, 0.5) is 5.69 Å². The van der Waals surface area contributed by atoms with E-state index in [2.05, 4.69) is 11.6 Å². The minimum absolute atomic E-state index is 0.113. The van der Waals surface area contributed by atoms with Crippen molar-refractivity contribution in [3.63, 3.8) is 0 Å². The number of anilines is 1. The summed E-state index contributed by atoms with van der Waals surface area (Å²) in [5, 5.41) is 0. The number of nitrogens with two attached hydrogens (primary N) is 1.